The molecule has 1 unspecified atom stereocenters. The number of carbonyl (C=O) groups excluding carboxylic acids is 1. The van der Waals surface area contributed by atoms with Crippen molar-refractivity contribution in [1.82, 2.24) is 4.37 Å². The Hall–Kier alpha value is -1.62. The average molecular weight is 278 g/mol. The highest BCUT2D eigenvalue weighted by Crippen LogP contribution is 2.26. The van der Waals surface area contributed by atoms with E-state index in [0.717, 1.165) is 34.9 Å². The van der Waals surface area contributed by atoms with Crippen LogP contribution in [-0.4, -0.2) is 16.2 Å². The van der Waals surface area contributed by atoms with E-state index in [4.69, 9.17) is 4.42 Å². The van der Waals surface area contributed by atoms with Crippen molar-refractivity contribution in [3.8, 4) is 0 Å². The highest BCUT2D eigenvalue weighted by Gasteiger charge is 2.16. The number of hydrogen-bond acceptors (Lipinski definition) is 5. The molecule has 2 aromatic heterocycles. The molecular weight excluding hydrogens is 260 g/mol. The van der Waals surface area contributed by atoms with Gasteiger partial charge in [0.2, 0.25) is 0 Å². The fourth-order valence-corrected chi connectivity index (χ4v) is 2.95. The number of Topliss-reactive ketones (excluding diaryl/α,β-unsaturated/α-hetero) is 1. The van der Waals surface area contributed by atoms with Crippen molar-refractivity contribution in [2.75, 3.05) is 5.32 Å². The van der Waals surface area contributed by atoms with Gasteiger partial charge in [-0.15, -0.1) is 0 Å². The van der Waals surface area contributed by atoms with Crippen LogP contribution in [0.25, 0.3) is 0 Å². The molecule has 0 fully saturated rings. The molecule has 2 aromatic rings. The zero-order valence-corrected chi connectivity index (χ0v) is 12.2. The Balaban J connectivity index is 1.95. The van der Waals surface area contributed by atoms with Crippen LogP contribution in [0.1, 0.15) is 42.1 Å². The van der Waals surface area contributed by atoms with Crippen molar-refractivity contribution in [1.29, 1.82) is 0 Å². The average Bonchev–Trinajstić information content (AvgIpc) is 2.96. The van der Waals surface area contributed by atoms with Gasteiger partial charge in [-0.2, -0.15) is 4.37 Å². The van der Waals surface area contributed by atoms with Gasteiger partial charge in [0, 0.05) is 12.5 Å². The van der Waals surface area contributed by atoms with Crippen molar-refractivity contribution in [3.05, 3.63) is 35.4 Å². The maximum Gasteiger partial charge on any atom is 0.164 e. The summed E-state index contributed by atoms with van der Waals surface area (Å²) in [6.45, 7) is 5.54. The summed E-state index contributed by atoms with van der Waals surface area (Å²) in [5.74, 6) is 1.05. The summed E-state index contributed by atoms with van der Waals surface area (Å²) in [4.78, 5) is 11.6. The zero-order valence-electron chi connectivity index (χ0n) is 11.4. The van der Waals surface area contributed by atoms with E-state index in [9.17, 15) is 4.79 Å². The fourth-order valence-electron chi connectivity index (χ4n) is 1.99. The predicted octanol–water partition coefficient (Wildman–Crippen LogP) is 3.68. The first-order chi connectivity index (χ1) is 9.08. The van der Waals surface area contributed by atoms with Gasteiger partial charge in [-0.1, -0.05) is 0 Å². The lowest BCUT2D eigenvalue weighted by molar-refractivity contribution is 0.101. The number of aromatic nitrogens is 1. The molecular formula is C14H18N2O2S. The van der Waals surface area contributed by atoms with Crippen LogP contribution in [-0.2, 0) is 6.42 Å². The van der Waals surface area contributed by atoms with Crippen LogP contribution < -0.4 is 5.32 Å². The minimum atomic E-state index is 0.0620. The first-order valence-corrected chi connectivity index (χ1v) is 7.11. The number of furan rings is 1. The van der Waals surface area contributed by atoms with E-state index in [1.165, 1.54) is 11.5 Å². The molecule has 0 amide bonds. The maximum atomic E-state index is 11.6. The van der Waals surface area contributed by atoms with Crippen LogP contribution in [0.15, 0.2) is 22.8 Å². The first kappa shape index (κ1) is 13.8. The van der Waals surface area contributed by atoms with Crippen molar-refractivity contribution in [2.45, 2.75) is 39.7 Å². The van der Waals surface area contributed by atoms with E-state index >= 15 is 0 Å². The molecule has 5 heteroatoms. The molecule has 0 bridgehead atoms. The summed E-state index contributed by atoms with van der Waals surface area (Å²) in [5, 5.41) is 4.24. The van der Waals surface area contributed by atoms with Crippen molar-refractivity contribution >= 4 is 22.3 Å². The second-order valence-corrected chi connectivity index (χ2v) is 5.47. The summed E-state index contributed by atoms with van der Waals surface area (Å²) in [5.41, 5.74) is 1.52. The molecule has 4 nitrogen and oxygen atoms in total. The quantitative estimate of drug-likeness (QED) is 0.819. The maximum absolute atomic E-state index is 11.6. The number of ketones is 1. The number of aryl methyl sites for hydroxylation is 2. The Morgan fingerprint density at radius 1 is 1.58 bits per heavy atom. The molecule has 102 valence electrons. The van der Waals surface area contributed by atoms with Gasteiger partial charge < -0.3 is 9.73 Å². The van der Waals surface area contributed by atoms with Gasteiger partial charge in [-0.3, -0.25) is 4.79 Å². The molecule has 0 saturated carbocycles. The summed E-state index contributed by atoms with van der Waals surface area (Å²) >= 11 is 1.35. The van der Waals surface area contributed by atoms with Crippen molar-refractivity contribution in [2.24, 2.45) is 0 Å². The largest absolute Gasteiger partial charge is 0.469 e. The molecule has 0 aliphatic rings. The first-order valence-electron chi connectivity index (χ1n) is 6.34. The minimum absolute atomic E-state index is 0.0620. The van der Waals surface area contributed by atoms with Crippen LogP contribution in [0.4, 0.5) is 5.00 Å². The van der Waals surface area contributed by atoms with Crippen LogP contribution in [0.2, 0.25) is 0 Å². The van der Waals surface area contributed by atoms with E-state index in [1.807, 2.05) is 19.1 Å². The van der Waals surface area contributed by atoms with Crippen LogP contribution in [0.3, 0.4) is 0 Å². The Morgan fingerprint density at radius 2 is 2.37 bits per heavy atom. The van der Waals surface area contributed by atoms with Gasteiger partial charge in [-0.05, 0) is 50.9 Å². The second-order valence-electron chi connectivity index (χ2n) is 4.69. The summed E-state index contributed by atoms with van der Waals surface area (Å²) in [6, 6.07) is 4.14. The normalized spacial score (nSPS) is 12.4. The van der Waals surface area contributed by atoms with Gasteiger partial charge in [0.15, 0.2) is 5.78 Å². The Bertz CT molecular complexity index is 546. The third-order valence-electron chi connectivity index (χ3n) is 3.00. The molecule has 1 atom stereocenters. The molecule has 0 aliphatic carbocycles. The number of nitrogens with one attached hydrogen (secondary N) is 1. The standard InChI is InChI=1S/C14H18N2O2S/c1-9(6-7-12-5-4-8-18-12)15-14-13(11(3)17)10(2)16-19-14/h4-5,8-9,15H,6-7H2,1-3H3. The summed E-state index contributed by atoms with van der Waals surface area (Å²) < 4.78 is 9.55. The predicted molar refractivity (Wildman–Crippen MR) is 77.0 cm³/mol. The molecule has 19 heavy (non-hydrogen) atoms. The van der Waals surface area contributed by atoms with Crippen LogP contribution in [0, 0.1) is 6.92 Å². The summed E-state index contributed by atoms with van der Waals surface area (Å²) in [7, 11) is 0. The third-order valence-corrected chi connectivity index (χ3v) is 3.87. The Labute approximate surface area is 117 Å². The Morgan fingerprint density at radius 3 is 3.00 bits per heavy atom. The van der Waals surface area contributed by atoms with E-state index in [-0.39, 0.29) is 11.8 Å². The van der Waals surface area contributed by atoms with Crippen molar-refractivity contribution in [3.63, 3.8) is 0 Å². The number of rotatable bonds is 6. The molecule has 0 aromatic carbocycles. The molecule has 0 radical (unpaired) electrons. The van der Waals surface area contributed by atoms with Crippen molar-refractivity contribution < 1.29 is 9.21 Å². The molecule has 1 N–H and O–H groups in total. The van der Waals surface area contributed by atoms with Gasteiger partial charge in [0.05, 0.1) is 17.5 Å². The second kappa shape index (κ2) is 6.02. The van der Waals surface area contributed by atoms with E-state index in [1.54, 1.807) is 13.2 Å². The van der Waals surface area contributed by atoms with Crippen LogP contribution in [0.5, 0.6) is 0 Å². The number of hydrogen-bond donors (Lipinski definition) is 1. The summed E-state index contributed by atoms with van der Waals surface area (Å²) in [6.07, 6.45) is 3.52. The van der Waals surface area contributed by atoms with E-state index in [0.29, 0.717) is 0 Å². The minimum Gasteiger partial charge on any atom is -0.469 e. The monoisotopic (exact) mass is 278 g/mol. The SMILES string of the molecule is CC(=O)c1c(C)nsc1NC(C)CCc1ccco1. The molecule has 0 spiro atoms. The van der Waals surface area contributed by atoms with E-state index < -0.39 is 0 Å². The Kier molecular flexibility index (Phi) is 4.37. The smallest absolute Gasteiger partial charge is 0.164 e. The van der Waals surface area contributed by atoms with Crippen LogP contribution >= 0.6 is 11.5 Å². The highest BCUT2D eigenvalue weighted by molar-refractivity contribution is 7.10. The molecule has 0 saturated heterocycles. The highest BCUT2D eigenvalue weighted by atomic mass is 32.1. The number of anilines is 1. The van der Waals surface area contributed by atoms with Gasteiger partial charge in [0.1, 0.15) is 10.8 Å². The fraction of sp³-hybridized carbons (Fsp3) is 0.429. The van der Waals surface area contributed by atoms with Gasteiger partial charge >= 0.3 is 0 Å². The number of nitrogens with zero attached hydrogens (tertiary/aromatic N) is 1. The zero-order chi connectivity index (χ0) is 13.8. The molecule has 2 rings (SSSR count). The molecule has 0 aliphatic heterocycles. The topological polar surface area (TPSA) is 55.1 Å². The number of carbonyl (C=O) groups is 1. The lowest BCUT2D eigenvalue weighted by Gasteiger charge is -2.13. The van der Waals surface area contributed by atoms with E-state index in [2.05, 4.69) is 16.6 Å². The lowest BCUT2D eigenvalue weighted by atomic mass is 10.1. The van der Waals surface area contributed by atoms with Gasteiger partial charge in [0.25, 0.3) is 0 Å². The third kappa shape index (κ3) is 3.44. The lowest BCUT2D eigenvalue weighted by Crippen LogP contribution is -2.16. The van der Waals surface area contributed by atoms with Gasteiger partial charge in [-0.25, -0.2) is 0 Å². The molecule has 2 heterocycles.